The van der Waals surface area contributed by atoms with Crippen molar-refractivity contribution in [3.8, 4) is 18.0 Å². The van der Waals surface area contributed by atoms with E-state index in [4.69, 9.17) is 28.4 Å². The topological polar surface area (TPSA) is 156 Å². The monoisotopic (exact) mass is 933 g/mol. The summed E-state index contributed by atoms with van der Waals surface area (Å²) in [4.78, 5) is 28.9. The molecule has 13 nitrogen and oxygen atoms in total. The van der Waals surface area contributed by atoms with Gasteiger partial charge in [-0.05, 0) is 130 Å². The molecule has 8 rings (SSSR count). The molecule has 7 aliphatic rings. The van der Waals surface area contributed by atoms with Gasteiger partial charge in [0.25, 0.3) is 11.8 Å². The van der Waals surface area contributed by atoms with Crippen molar-refractivity contribution < 1.29 is 52.9 Å². The first-order valence-electron chi connectivity index (χ1n) is 25.5. The molecule has 5 fully saturated rings. The minimum Gasteiger partial charge on any atom is -0.465 e. The molecule has 5 heterocycles. The highest BCUT2D eigenvalue weighted by Crippen LogP contribution is 2.53. The van der Waals surface area contributed by atoms with E-state index in [-0.39, 0.29) is 48.3 Å². The van der Waals surface area contributed by atoms with Gasteiger partial charge in [-0.1, -0.05) is 80.2 Å². The Hall–Kier alpha value is -3.90. The third-order valence-corrected chi connectivity index (χ3v) is 15.3. The fourth-order valence-corrected chi connectivity index (χ4v) is 11.5. The van der Waals surface area contributed by atoms with Crippen LogP contribution < -0.4 is 15.4 Å². The zero-order valence-electron chi connectivity index (χ0n) is 41.6. The zero-order valence-corrected chi connectivity index (χ0v) is 41.6. The van der Waals surface area contributed by atoms with Crippen LogP contribution >= 0.6 is 0 Å². The van der Waals surface area contributed by atoms with Crippen LogP contribution in [0.1, 0.15) is 143 Å². The van der Waals surface area contributed by atoms with Crippen LogP contribution in [0.25, 0.3) is 0 Å². The molecule has 67 heavy (non-hydrogen) atoms. The van der Waals surface area contributed by atoms with Gasteiger partial charge in [0.2, 0.25) is 12.6 Å². The van der Waals surface area contributed by atoms with E-state index in [0.29, 0.717) is 71.2 Å². The van der Waals surface area contributed by atoms with Crippen LogP contribution in [0.4, 0.5) is 0 Å². The summed E-state index contributed by atoms with van der Waals surface area (Å²) in [7, 11) is 1.62. The van der Waals surface area contributed by atoms with Crippen molar-refractivity contribution >= 4 is 11.8 Å². The van der Waals surface area contributed by atoms with Crippen LogP contribution in [0, 0.1) is 71.4 Å². The van der Waals surface area contributed by atoms with Gasteiger partial charge in [0.15, 0.2) is 31.1 Å². The molecule has 0 aromatic heterocycles. The number of fused-ring (bicyclic) bond motifs is 1. The summed E-state index contributed by atoms with van der Waals surface area (Å²) in [6.45, 7) is 18.8. The number of carbonyl (C=O) groups is 2. The second-order valence-electron chi connectivity index (χ2n) is 20.1. The standard InChI is InChI=1S/C29H47NO4.C23H33NO6.C2O/c1-7-9-10-18-30-27(31)22-13-15-23(16-14-22)33-28-21(6)25(11-8-2)26-24(19(3)4)17-12-20(5)32-29(26)34-28;1-13-7-10-18-14(2)22(27-16-6-4-5-15(8-9-16)21(25)24-3)29-23-20(18)17(13)11-12-19(28-23)30-26;1-2-3-1/h13-16,19-21,24-26,28-29H,7-12,17-18H2,1-6H3,(H,30,31);5-6,8-9,13-14,17-20,22-23,26H,4,7,10-12H2,1-3H3,(H,24,25);/t;13-,14?,17?,18?,19-,20?,22?,23?;/m.1./s1. The fourth-order valence-electron chi connectivity index (χ4n) is 11.5. The lowest BCUT2D eigenvalue weighted by Crippen LogP contribution is -2.53. The molecular weight excluding hydrogens is 853 g/mol. The predicted octanol–water partition coefficient (Wildman–Crippen LogP) is 10.5. The van der Waals surface area contributed by atoms with E-state index in [0.717, 1.165) is 63.7 Å². The van der Waals surface area contributed by atoms with Gasteiger partial charge in [-0.3, -0.25) is 9.59 Å². The van der Waals surface area contributed by atoms with Crippen molar-refractivity contribution in [2.24, 2.45) is 59.2 Å². The minimum atomic E-state index is -0.668. The minimum absolute atomic E-state index is 0.0311. The van der Waals surface area contributed by atoms with Crippen molar-refractivity contribution in [3.05, 3.63) is 65.5 Å². The molecule has 2 aliphatic carbocycles. The molecule has 15 atom stereocenters. The van der Waals surface area contributed by atoms with Crippen LogP contribution in [0.2, 0.25) is 0 Å². The Morgan fingerprint density at radius 3 is 2.13 bits per heavy atom. The Morgan fingerprint density at radius 1 is 0.776 bits per heavy atom. The average molecular weight is 933 g/mol. The lowest BCUT2D eigenvalue weighted by Gasteiger charge is -2.51. The number of unbranched alkanes of at least 4 members (excludes halogenated alkanes) is 2. The van der Waals surface area contributed by atoms with Gasteiger partial charge in [0.05, 0.1) is 6.10 Å². The Labute approximate surface area is 400 Å². The summed E-state index contributed by atoms with van der Waals surface area (Å²) in [5, 5.41) is 14.9. The van der Waals surface area contributed by atoms with Crippen LogP contribution in [0.5, 0.6) is 5.75 Å². The van der Waals surface area contributed by atoms with Gasteiger partial charge in [0.1, 0.15) is 11.5 Å². The van der Waals surface area contributed by atoms with Crippen molar-refractivity contribution in [2.75, 3.05) is 13.6 Å². The molecule has 13 unspecified atom stereocenters. The zero-order chi connectivity index (χ0) is 48.0. The Balaban J connectivity index is 0.000000209. The Bertz CT molecular complexity index is 1880. The molecule has 372 valence electrons. The molecule has 0 radical (unpaired) electrons. The molecule has 1 saturated carbocycles. The maximum Gasteiger partial charge on any atom is 0.251 e. The number of carbonyl (C=O) groups excluding carboxylic acids is 2. The van der Waals surface area contributed by atoms with Gasteiger partial charge in [-0.2, -0.15) is 0 Å². The first-order chi connectivity index (χ1) is 32.4. The van der Waals surface area contributed by atoms with E-state index >= 15 is 0 Å². The van der Waals surface area contributed by atoms with E-state index < -0.39 is 18.9 Å². The molecule has 2 amide bonds. The number of rotatable bonds is 14. The fraction of sp³-hybridized carbons (Fsp3) is 0.704. The molecule has 0 spiro atoms. The average Bonchev–Trinajstić information content (AvgIpc) is 4.23. The number of nitrogens with one attached hydrogen (secondary N) is 2. The molecule has 4 saturated heterocycles. The van der Waals surface area contributed by atoms with E-state index in [1.54, 1.807) is 13.1 Å². The van der Waals surface area contributed by atoms with E-state index in [1.807, 2.05) is 42.5 Å². The molecular formula is C54H80N2O11. The maximum absolute atomic E-state index is 12.4. The summed E-state index contributed by atoms with van der Waals surface area (Å²) in [5.74, 6) is 5.66. The van der Waals surface area contributed by atoms with Crippen LogP contribution in [-0.2, 0) is 38.1 Å². The second-order valence-corrected chi connectivity index (χ2v) is 20.1. The molecule has 0 bridgehead atoms. The van der Waals surface area contributed by atoms with Crippen LogP contribution in [0.15, 0.2) is 59.9 Å². The highest BCUT2D eigenvalue weighted by atomic mass is 17.1. The van der Waals surface area contributed by atoms with Gasteiger partial charge in [-0.15, -0.1) is 0 Å². The molecule has 1 aromatic carbocycles. The van der Waals surface area contributed by atoms with Gasteiger partial charge in [-0.25, -0.2) is 10.1 Å². The highest BCUT2D eigenvalue weighted by molar-refractivity contribution is 5.96. The largest absolute Gasteiger partial charge is 0.465 e. The number of benzene rings is 1. The number of hydrogen-bond acceptors (Lipinski definition) is 11. The van der Waals surface area contributed by atoms with E-state index in [2.05, 4.69) is 87.9 Å². The van der Waals surface area contributed by atoms with Crippen LogP contribution in [-0.4, -0.2) is 68.2 Å². The van der Waals surface area contributed by atoms with Crippen molar-refractivity contribution in [1.82, 2.24) is 10.6 Å². The predicted molar refractivity (Wildman–Crippen MR) is 255 cm³/mol. The maximum atomic E-state index is 12.4. The SMILES string of the molecule is C1#CO1.CCCCCNC(=O)c1ccc(OC2OC3OC(C)CCC(C(C)C)C3C(CCC)C2C)cc1.CNC(=O)C1=CCC=C(OC2OC3O[C@H](OO)CCC4C3C(CC[C@H]4C)C2C)C=C1. The molecule has 3 N–H and O–H groups in total. The summed E-state index contributed by atoms with van der Waals surface area (Å²) in [6, 6.07) is 7.43. The lowest BCUT2D eigenvalue weighted by molar-refractivity contribution is -0.402. The third kappa shape index (κ3) is 14.1. The van der Waals surface area contributed by atoms with Gasteiger partial charge < -0.3 is 43.8 Å². The highest BCUT2D eigenvalue weighted by Gasteiger charge is 2.54. The summed E-state index contributed by atoms with van der Waals surface area (Å²) < 4.78 is 42.0. The quantitative estimate of drug-likeness (QED) is 0.0706. The summed E-state index contributed by atoms with van der Waals surface area (Å²) in [5.41, 5.74) is 1.27. The second kappa shape index (κ2) is 25.6. The number of hydrogen-bond donors (Lipinski definition) is 3. The Morgan fingerprint density at radius 2 is 1.48 bits per heavy atom. The summed E-state index contributed by atoms with van der Waals surface area (Å²) in [6.07, 6.45) is 22.4. The smallest absolute Gasteiger partial charge is 0.251 e. The van der Waals surface area contributed by atoms with Crippen LogP contribution in [0.3, 0.4) is 0 Å². The lowest BCUT2D eigenvalue weighted by atomic mass is 9.61. The first-order valence-corrected chi connectivity index (χ1v) is 25.5. The van der Waals surface area contributed by atoms with Gasteiger partial charge >= 0.3 is 0 Å². The summed E-state index contributed by atoms with van der Waals surface area (Å²) >= 11 is 0. The number of ether oxygens (including phenoxy) is 7. The third-order valence-electron chi connectivity index (χ3n) is 15.3. The van der Waals surface area contributed by atoms with Gasteiger partial charge in [0, 0.05) is 54.8 Å². The van der Waals surface area contributed by atoms with E-state index in [9.17, 15) is 14.8 Å². The Kier molecular flexibility index (Phi) is 20.1. The normalized spacial score (nSPS) is 34.8. The number of amides is 2. The van der Waals surface area contributed by atoms with Crippen molar-refractivity contribution in [2.45, 2.75) is 170 Å². The number of likely N-dealkylation sites (N-methyl/N-ethyl adjacent to an activating group) is 1. The number of allylic oxidation sites excluding steroid dienone is 3. The molecule has 5 aliphatic heterocycles. The van der Waals surface area contributed by atoms with E-state index in [1.165, 1.54) is 12.8 Å². The first kappa shape index (κ1) is 52.5. The van der Waals surface area contributed by atoms with Crippen molar-refractivity contribution in [1.29, 1.82) is 0 Å². The molecule has 13 heteroatoms. The van der Waals surface area contributed by atoms with Crippen molar-refractivity contribution in [3.63, 3.8) is 0 Å². The molecule has 1 aromatic rings.